The summed E-state index contributed by atoms with van der Waals surface area (Å²) in [5.74, 6) is -0.879. The molecular weight excluding hydrogens is 593 g/mol. The third kappa shape index (κ3) is 7.91. The van der Waals surface area contributed by atoms with E-state index in [1.807, 2.05) is 13.8 Å². The summed E-state index contributed by atoms with van der Waals surface area (Å²) in [4.78, 5) is 28.7. The standard InChI is InChI=1S/C29H32Cl3N3O4S/c1-4-20(3)33-29(37)27(5-2)34(18-21-11-16-25(31)26(32)17-21)28(36)19-35(23-9-7-6-8-10-23)40(38,39)24-14-12-22(30)13-15-24/h6-17,20,27H,4-5,18-19H2,1-3H3,(H,33,37)/t20-,27+/m0/s1. The Bertz CT molecular complexity index is 1420. The molecule has 2 atom stereocenters. The lowest BCUT2D eigenvalue weighted by atomic mass is 10.1. The molecule has 3 aromatic rings. The molecular formula is C29H32Cl3N3O4S. The van der Waals surface area contributed by atoms with E-state index in [-0.39, 0.29) is 23.4 Å². The van der Waals surface area contributed by atoms with E-state index in [2.05, 4.69) is 5.32 Å². The Morgan fingerprint density at radius 1 is 0.875 bits per heavy atom. The molecule has 2 amide bonds. The molecule has 0 radical (unpaired) electrons. The van der Waals surface area contributed by atoms with Gasteiger partial charge in [-0.15, -0.1) is 0 Å². The lowest BCUT2D eigenvalue weighted by Gasteiger charge is -2.33. The minimum absolute atomic E-state index is 0.0196. The van der Waals surface area contributed by atoms with Crippen molar-refractivity contribution in [3.05, 3.63) is 93.4 Å². The average molecular weight is 625 g/mol. The molecule has 0 aliphatic rings. The molecule has 3 rings (SSSR count). The van der Waals surface area contributed by atoms with Crippen molar-refractivity contribution in [1.82, 2.24) is 10.2 Å². The number of carbonyl (C=O) groups is 2. The van der Waals surface area contributed by atoms with Crippen LogP contribution in [0.15, 0.2) is 77.7 Å². The number of anilines is 1. The van der Waals surface area contributed by atoms with Gasteiger partial charge in [0.25, 0.3) is 10.0 Å². The molecule has 0 heterocycles. The minimum Gasteiger partial charge on any atom is -0.352 e. The Morgan fingerprint density at radius 3 is 2.10 bits per heavy atom. The number of nitrogens with one attached hydrogen (secondary N) is 1. The zero-order valence-electron chi connectivity index (χ0n) is 22.5. The van der Waals surface area contributed by atoms with Gasteiger partial charge in [-0.25, -0.2) is 8.42 Å². The molecule has 1 N–H and O–H groups in total. The number of hydrogen-bond acceptors (Lipinski definition) is 4. The van der Waals surface area contributed by atoms with Crippen molar-refractivity contribution in [3.63, 3.8) is 0 Å². The maximum absolute atomic E-state index is 14.0. The van der Waals surface area contributed by atoms with E-state index in [9.17, 15) is 18.0 Å². The zero-order valence-corrected chi connectivity index (χ0v) is 25.6. The summed E-state index contributed by atoms with van der Waals surface area (Å²) in [6, 6.07) is 18.1. The first kappa shape index (κ1) is 31.7. The number of halogens is 3. The number of hydrogen-bond donors (Lipinski definition) is 1. The number of amides is 2. The molecule has 0 aliphatic heterocycles. The number of rotatable bonds is 12. The molecule has 0 saturated carbocycles. The van der Waals surface area contributed by atoms with Crippen LogP contribution in [-0.4, -0.2) is 43.8 Å². The molecule has 0 unspecified atom stereocenters. The van der Waals surface area contributed by atoms with Crippen molar-refractivity contribution in [1.29, 1.82) is 0 Å². The van der Waals surface area contributed by atoms with E-state index < -0.39 is 28.5 Å². The fraction of sp³-hybridized carbons (Fsp3) is 0.310. The van der Waals surface area contributed by atoms with E-state index in [1.54, 1.807) is 55.5 Å². The molecule has 3 aromatic carbocycles. The van der Waals surface area contributed by atoms with Crippen LogP contribution in [0.2, 0.25) is 15.1 Å². The summed E-state index contributed by atoms with van der Waals surface area (Å²) in [6.07, 6.45) is 1.02. The molecule has 214 valence electrons. The highest BCUT2D eigenvalue weighted by Crippen LogP contribution is 2.27. The van der Waals surface area contributed by atoms with Crippen LogP contribution in [0.25, 0.3) is 0 Å². The van der Waals surface area contributed by atoms with Gasteiger partial charge in [0.15, 0.2) is 0 Å². The van der Waals surface area contributed by atoms with Gasteiger partial charge in [-0.3, -0.25) is 13.9 Å². The van der Waals surface area contributed by atoms with Gasteiger partial charge in [0.2, 0.25) is 11.8 Å². The van der Waals surface area contributed by atoms with Crippen LogP contribution in [0.3, 0.4) is 0 Å². The SMILES string of the molecule is CC[C@H](C(=O)N[C@@H](C)CC)N(Cc1ccc(Cl)c(Cl)c1)C(=O)CN(c1ccccc1)S(=O)(=O)c1ccc(Cl)cc1. The van der Waals surface area contributed by atoms with Crippen molar-refractivity contribution < 1.29 is 18.0 Å². The van der Waals surface area contributed by atoms with E-state index in [4.69, 9.17) is 34.8 Å². The largest absolute Gasteiger partial charge is 0.352 e. The summed E-state index contributed by atoms with van der Waals surface area (Å²) >= 11 is 18.3. The monoisotopic (exact) mass is 623 g/mol. The highest BCUT2D eigenvalue weighted by molar-refractivity contribution is 7.92. The van der Waals surface area contributed by atoms with Crippen molar-refractivity contribution in [2.75, 3.05) is 10.8 Å². The molecule has 0 aliphatic carbocycles. The van der Waals surface area contributed by atoms with Crippen LogP contribution in [0.5, 0.6) is 0 Å². The Morgan fingerprint density at radius 2 is 1.52 bits per heavy atom. The maximum Gasteiger partial charge on any atom is 0.264 e. The van der Waals surface area contributed by atoms with Crippen molar-refractivity contribution >= 4 is 62.3 Å². The van der Waals surface area contributed by atoms with Crippen LogP contribution in [0, 0.1) is 0 Å². The maximum atomic E-state index is 14.0. The van der Waals surface area contributed by atoms with Crippen molar-refractivity contribution in [2.24, 2.45) is 0 Å². The van der Waals surface area contributed by atoms with Gasteiger partial charge in [-0.05, 0) is 73.9 Å². The molecule has 0 spiro atoms. The zero-order chi connectivity index (χ0) is 29.4. The van der Waals surface area contributed by atoms with Gasteiger partial charge in [-0.1, -0.05) is 72.9 Å². The van der Waals surface area contributed by atoms with Gasteiger partial charge in [0, 0.05) is 17.6 Å². The Balaban J connectivity index is 2.05. The predicted octanol–water partition coefficient (Wildman–Crippen LogP) is 6.56. The second kappa shape index (κ2) is 14.2. The quantitative estimate of drug-likeness (QED) is 0.247. The fourth-order valence-electron chi connectivity index (χ4n) is 4.05. The van der Waals surface area contributed by atoms with Crippen molar-refractivity contribution in [2.45, 2.75) is 57.1 Å². The highest BCUT2D eigenvalue weighted by Gasteiger charge is 2.34. The molecule has 11 heteroatoms. The summed E-state index contributed by atoms with van der Waals surface area (Å²) in [6.45, 7) is 5.11. The second-order valence-corrected chi connectivity index (χ2v) is 12.4. The van der Waals surface area contributed by atoms with E-state index >= 15 is 0 Å². The highest BCUT2D eigenvalue weighted by atomic mass is 35.5. The second-order valence-electron chi connectivity index (χ2n) is 9.31. The van der Waals surface area contributed by atoms with Crippen LogP contribution in [0.4, 0.5) is 5.69 Å². The van der Waals surface area contributed by atoms with E-state index in [0.717, 1.165) is 4.31 Å². The Hall–Kier alpha value is -2.78. The normalized spacial score (nSPS) is 12.8. The molecule has 0 fully saturated rings. The number of nitrogens with zero attached hydrogens (tertiary/aromatic N) is 2. The van der Waals surface area contributed by atoms with E-state index in [0.29, 0.717) is 39.2 Å². The smallest absolute Gasteiger partial charge is 0.264 e. The number of sulfonamides is 1. The number of carbonyl (C=O) groups excluding carboxylic acids is 2. The molecule has 0 saturated heterocycles. The summed E-state index contributed by atoms with van der Waals surface area (Å²) < 4.78 is 28.6. The Kier molecular flexibility index (Phi) is 11.3. The Labute approximate surface area is 251 Å². The number of para-hydroxylation sites is 1. The van der Waals surface area contributed by atoms with Crippen LogP contribution in [0.1, 0.15) is 39.2 Å². The predicted molar refractivity (Wildman–Crippen MR) is 161 cm³/mol. The first-order chi connectivity index (χ1) is 19.0. The lowest BCUT2D eigenvalue weighted by Crippen LogP contribution is -2.53. The van der Waals surface area contributed by atoms with Gasteiger partial charge in [0.1, 0.15) is 12.6 Å². The average Bonchev–Trinajstić information content (AvgIpc) is 2.93. The molecule has 0 aromatic heterocycles. The summed E-state index contributed by atoms with van der Waals surface area (Å²) in [7, 11) is -4.17. The van der Waals surface area contributed by atoms with Crippen LogP contribution < -0.4 is 9.62 Å². The topological polar surface area (TPSA) is 86.8 Å². The third-order valence-electron chi connectivity index (χ3n) is 6.45. The third-order valence-corrected chi connectivity index (χ3v) is 9.23. The van der Waals surface area contributed by atoms with Crippen molar-refractivity contribution in [3.8, 4) is 0 Å². The summed E-state index contributed by atoms with van der Waals surface area (Å²) in [5.41, 5.74) is 0.946. The first-order valence-corrected chi connectivity index (χ1v) is 15.4. The minimum atomic E-state index is -4.17. The summed E-state index contributed by atoms with van der Waals surface area (Å²) in [5, 5.41) is 3.99. The van der Waals surface area contributed by atoms with Crippen LogP contribution >= 0.6 is 34.8 Å². The molecule has 40 heavy (non-hydrogen) atoms. The van der Waals surface area contributed by atoms with Gasteiger partial charge in [-0.2, -0.15) is 0 Å². The first-order valence-electron chi connectivity index (χ1n) is 12.8. The van der Waals surface area contributed by atoms with E-state index in [1.165, 1.54) is 29.2 Å². The number of benzene rings is 3. The molecule has 0 bridgehead atoms. The molecule has 7 nitrogen and oxygen atoms in total. The van der Waals surface area contributed by atoms with Gasteiger partial charge >= 0.3 is 0 Å². The van der Waals surface area contributed by atoms with Gasteiger partial charge in [0.05, 0.1) is 20.6 Å². The fourth-order valence-corrected chi connectivity index (χ4v) is 5.91. The van der Waals surface area contributed by atoms with Gasteiger partial charge < -0.3 is 10.2 Å². The van der Waals surface area contributed by atoms with Crippen LogP contribution in [-0.2, 0) is 26.2 Å². The lowest BCUT2D eigenvalue weighted by molar-refractivity contribution is -0.140.